The Balaban J connectivity index is 1.67. The van der Waals surface area contributed by atoms with E-state index in [1.165, 1.54) is 40.5 Å². The maximum absolute atomic E-state index is 13.2. The molecule has 3 rings (SSSR count). The van der Waals surface area contributed by atoms with Crippen molar-refractivity contribution in [3.05, 3.63) is 69.2 Å². The molecule has 0 saturated carbocycles. The molecule has 0 atom stereocenters. The number of anilines is 1. The number of amides is 1. The smallest absolute Gasteiger partial charge is 0.326 e. The first-order valence-corrected chi connectivity index (χ1v) is 11.0. The van der Waals surface area contributed by atoms with Crippen LogP contribution in [0.5, 0.6) is 0 Å². The number of nitrogens with zero attached hydrogens (tertiary/aromatic N) is 3. The highest BCUT2D eigenvalue weighted by molar-refractivity contribution is 7.73. The largest absolute Gasteiger partial charge is 0.454 e. The molecule has 6 nitrogen and oxygen atoms in total. The summed E-state index contributed by atoms with van der Waals surface area (Å²) < 4.78 is 20.6. The minimum atomic E-state index is -0.611. The number of nitriles is 1. The monoisotopic (exact) mass is 469 g/mol. The summed E-state index contributed by atoms with van der Waals surface area (Å²) in [7, 11) is 0. The zero-order valence-corrected chi connectivity index (χ0v) is 18.9. The predicted molar refractivity (Wildman–Crippen MR) is 123 cm³/mol. The van der Waals surface area contributed by atoms with Gasteiger partial charge in [0.1, 0.15) is 12.4 Å². The van der Waals surface area contributed by atoms with Gasteiger partial charge in [-0.3, -0.25) is 9.59 Å². The van der Waals surface area contributed by atoms with E-state index in [9.17, 15) is 14.0 Å². The molecule has 0 aliphatic rings. The molecule has 0 spiro atoms. The second kappa shape index (κ2) is 10.8. The van der Waals surface area contributed by atoms with Crippen LogP contribution in [0.2, 0.25) is 0 Å². The fourth-order valence-corrected chi connectivity index (χ4v) is 4.08. The number of benzene rings is 2. The van der Waals surface area contributed by atoms with Crippen molar-refractivity contribution in [1.82, 2.24) is 4.57 Å². The zero-order chi connectivity index (χ0) is 23.1. The SMILES string of the molecule is Cc1ccc(-c2csc(=S)n2CC(=O)OCC(=O)N(CCC#N)c2ccc(F)cc2)cc1. The summed E-state index contributed by atoms with van der Waals surface area (Å²) >= 11 is 6.70. The number of ether oxygens (including phenoxy) is 1. The lowest BCUT2D eigenvalue weighted by atomic mass is 10.1. The average Bonchev–Trinajstić information content (AvgIpc) is 3.14. The number of aromatic nitrogens is 1. The topological polar surface area (TPSA) is 75.3 Å². The molecule has 164 valence electrons. The van der Waals surface area contributed by atoms with E-state index in [-0.39, 0.29) is 19.5 Å². The van der Waals surface area contributed by atoms with Gasteiger partial charge in [0, 0.05) is 17.6 Å². The Morgan fingerprint density at radius 3 is 2.53 bits per heavy atom. The van der Waals surface area contributed by atoms with E-state index in [0.717, 1.165) is 16.8 Å². The molecular weight excluding hydrogens is 449 g/mol. The van der Waals surface area contributed by atoms with Gasteiger partial charge < -0.3 is 14.2 Å². The Labute approximate surface area is 194 Å². The number of aryl methyl sites for hydroxylation is 1. The fraction of sp³-hybridized carbons (Fsp3) is 0.217. The third-order valence-electron chi connectivity index (χ3n) is 4.66. The fourth-order valence-electron chi connectivity index (χ4n) is 3.01. The standard InChI is InChI=1S/C23H20FN3O3S2/c1-16-3-5-17(6-4-16)20-15-32-23(31)27(20)13-22(29)30-14-21(28)26(12-2-11-25)19-9-7-18(24)8-10-19/h3-10,15H,2,12-14H2,1H3. The number of halogens is 1. The summed E-state index contributed by atoms with van der Waals surface area (Å²) in [4.78, 5) is 26.4. The average molecular weight is 470 g/mol. The van der Waals surface area contributed by atoms with Crippen LogP contribution in [-0.4, -0.2) is 29.6 Å². The van der Waals surface area contributed by atoms with Crippen LogP contribution < -0.4 is 4.90 Å². The second-order valence-electron chi connectivity index (χ2n) is 6.93. The molecule has 1 aromatic heterocycles. The van der Waals surface area contributed by atoms with Crippen LogP contribution in [0.4, 0.5) is 10.1 Å². The molecule has 0 radical (unpaired) electrons. The molecule has 1 amide bonds. The maximum Gasteiger partial charge on any atom is 0.326 e. The molecule has 0 aliphatic heterocycles. The van der Waals surface area contributed by atoms with Crippen LogP contribution in [0.25, 0.3) is 11.3 Å². The summed E-state index contributed by atoms with van der Waals surface area (Å²) in [5.41, 5.74) is 3.26. The van der Waals surface area contributed by atoms with Gasteiger partial charge in [0.05, 0.1) is 18.2 Å². The van der Waals surface area contributed by atoms with Gasteiger partial charge in [-0.15, -0.1) is 11.3 Å². The van der Waals surface area contributed by atoms with Gasteiger partial charge in [-0.2, -0.15) is 5.26 Å². The number of rotatable bonds is 8. The number of hydrogen-bond acceptors (Lipinski definition) is 6. The van der Waals surface area contributed by atoms with Gasteiger partial charge >= 0.3 is 5.97 Å². The number of thiazole rings is 1. The van der Waals surface area contributed by atoms with E-state index in [2.05, 4.69) is 0 Å². The quantitative estimate of drug-likeness (QED) is 0.347. The van der Waals surface area contributed by atoms with Crippen molar-refractivity contribution in [2.45, 2.75) is 19.9 Å². The second-order valence-corrected chi connectivity index (χ2v) is 8.43. The van der Waals surface area contributed by atoms with Gasteiger partial charge in [-0.05, 0) is 49.0 Å². The summed E-state index contributed by atoms with van der Waals surface area (Å²) in [5, 5.41) is 10.7. The van der Waals surface area contributed by atoms with E-state index in [1.807, 2.05) is 42.6 Å². The van der Waals surface area contributed by atoms with Crippen molar-refractivity contribution in [2.24, 2.45) is 0 Å². The van der Waals surface area contributed by atoms with E-state index in [4.69, 9.17) is 22.2 Å². The lowest BCUT2D eigenvalue weighted by molar-refractivity contribution is -0.148. The Morgan fingerprint density at radius 2 is 1.88 bits per heavy atom. The third-order valence-corrected chi connectivity index (χ3v) is 5.93. The molecule has 9 heteroatoms. The summed E-state index contributed by atoms with van der Waals surface area (Å²) in [5.74, 6) is -1.56. The van der Waals surface area contributed by atoms with Crippen molar-refractivity contribution in [3.8, 4) is 17.3 Å². The van der Waals surface area contributed by atoms with Crippen molar-refractivity contribution < 1.29 is 18.7 Å². The molecule has 0 bridgehead atoms. The van der Waals surface area contributed by atoms with Crippen LogP contribution in [0.3, 0.4) is 0 Å². The highest BCUT2D eigenvalue weighted by Gasteiger charge is 2.19. The number of hydrogen-bond donors (Lipinski definition) is 0. The van der Waals surface area contributed by atoms with E-state index < -0.39 is 24.3 Å². The van der Waals surface area contributed by atoms with E-state index >= 15 is 0 Å². The highest BCUT2D eigenvalue weighted by Crippen LogP contribution is 2.24. The molecule has 0 unspecified atom stereocenters. The molecular formula is C23H20FN3O3S2. The number of carbonyl (C=O) groups excluding carboxylic acids is 2. The molecule has 0 aliphatic carbocycles. The molecule has 3 aromatic rings. The first kappa shape index (κ1) is 23.3. The number of esters is 1. The van der Waals surface area contributed by atoms with Gasteiger partial charge in [-0.25, -0.2) is 4.39 Å². The first-order chi connectivity index (χ1) is 15.4. The van der Waals surface area contributed by atoms with Crippen molar-refractivity contribution >= 4 is 41.1 Å². The van der Waals surface area contributed by atoms with E-state index in [1.54, 1.807) is 4.57 Å². The van der Waals surface area contributed by atoms with Crippen LogP contribution in [-0.2, 0) is 20.9 Å². The van der Waals surface area contributed by atoms with Crippen LogP contribution in [0, 0.1) is 28.0 Å². The van der Waals surface area contributed by atoms with Crippen molar-refractivity contribution in [2.75, 3.05) is 18.1 Å². The van der Waals surface area contributed by atoms with E-state index in [0.29, 0.717) is 9.64 Å². The first-order valence-electron chi connectivity index (χ1n) is 9.73. The zero-order valence-electron chi connectivity index (χ0n) is 17.3. The number of carbonyl (C=O) groups is 2. The summed E-state index contributed by atoms with van der Waals surface area (Å²) in [6.07, 6.45) is 0.0844. The van der Waals surface area contributed by atoms with Gasteiger partial charge in [-0.1, -0.05) is 29.8 Å². The highest BCUT2D eigenvalue weighted by atomic mass is 32.1. The molecule has 0 N–H and O–H groups in total. The van der Waals surface area contributed by atoms with Crippen LogP contribution >= 0.6 is 23.6 Å². The predicted octanol–water partition coefficient (Wildman–Crippen LogP) is 4.88. The molecule has 1 heterocycles. The molecule has 2 aromatic carbocycles. The van der Waals surface area contributed by atoms with Crippen molar-refractivity contribution in [1.29, 1.82) is 5.26 Å². The molecule has 0 fully saturated rings. The molecule has 32 heavy (non-hydrogen) atoms. The van der Waals surface area contributed by atoms with Crippen molar-refractivity contribution in [3.63, 3.8) is 0 Å². The summed E-state index contributed by atoms with van der Waals surface area (Å²) in [6.45, 7) is 1.46. The molecule has 0 saturated heterocycles. The Morgan fingerprint density at radius 1 is 1.19 bits per heavy atom. The normalized spacial score (nSPS) is 10.4. The van der Waals surface area contributed by atoms with Gasteiger partial charge in [0.15, 0.2) is 10.6 Å². The van der Waals surface area contributed by atoms with Crippen LogP contribution in [0.1, 0.15) is 12.0 Å². The van der Waals surface area contributed by atoms with Crippen LogP contribution in [0.15, 0.2) is 53.9 Å². The Hall–Kier alpha value is -3.35. The minimum Gasteiger partial charge on any atom is -0.454 e. The Bertz CT molecular complexity index is 1190. The van der Waals surface area contributed by atoms with Gasteiger partial charge in [0.2, 0.25) is 0 Å². The maximum atomic E-state index is 13.2. The third kappa shape index (κ3) is 5.87. The lowest BCUT2D eigenvalue weighted by Crippen LogP contribution is -2.35. The minimum absolute atomic E-state index is 0.0844. The summed E-state index contributed by atoms with van der Waals surface area (Å²) in [6, 6.07) is 15.1. The van der Waals surface area contributed by atoms with Gasteiger partial charge in [0.25, 0.3) is 5.91 Å². The Kier molecular flexibility index (Phi) is 7.87. The lowest BCUT2D eigenvalue weighted by Gasteiger charge is -2.21.